The number of hydrogen-bond donors (Lipinski definition) is 1. The van der Waals surface area contributed by atoms with Crippen LogP contribution in [0.25, 0.3) is 0 Å². The summed E-state index contributed by atoms with van der Waals surface area (Å²) in [5.41, 5.74) is 1.17. The van der Waals surface area contributed by atoms with Crippen LogP contribution in [-0.2, 0) is 0 Å². The van der Waals surface area contributed by atoms with Gasteiger partial charge < -0.3 is 5.11 Å². The number of rotatable bonds is 2. The topological polar surface area (TPSA) is 20.2 Å². The van der Waals surface area contributed by atoms with E-state index in [0.717, 1.165) is 0 Å². The third-order valence-corrected chi connectivity index (χ3v) is 2.56. The number of aliphatic hydroxyl groups is 1. The molecule has 1 unspecified atom stereocenters. The number of halogens is 2. The molecular formula is C13H10ClFO. The van der Waals surface area contributed by atoms with Crippen molar-refractivity contribution in [3.05, 3.63) is 70.5 Å². The zero-order valence-corrected chi connectivity index (χ0v) is 9.16. The van der Waals surface area contributed by atoms with Crippen LogP contribution in [0.2, 0.25) is 5.02 Å². The molecule has 0 aliphatic rings. The number of hydrogen-bond acceptors (Lipinski definition) is 1. The highest BCUT2D eigenvalue weighted by atomic mass is 35.5. The minimum absolute atomic E-state index is 0.362. The molecule has 82 valence electrons. The maximum Gasteiger partial charge on any atom is 0.123 e. The molecular weight excluding hydrogens is 227 g/mol. The lowest BCUT2D eigenvalue weighted by molar-refractivity contribution is 0.220. The van der Waals surface area contributed by atoms with E-state index in [1.54, 1.807) is 36.4 Å². The highest BCUT2D eigenvalue weighted by Gasteiger charge is 2.10. The van der Waals surface area contributed by atoms with Gasteiger partial charge in [0.05, 0.1) is 0 Å². The van der Waals surface area contributed by atoms with Crippen LogP contribution < -0.4 is 0 Å². The Morgan fingerprint density at radius 3 is 2.25 bits per heavy atom. The fourth-order valence-corrected chi connectivity index (χ4v) is 1.74. The van der Waals surface area contributed by atoms with Crippen molar-refractivity contribution in [2.75, 3.05) is 0 Å². The first-order valence-electron chi connectivity index (χ1n) is 4.86. The van der Waals surface area contributed by atoms with E-state index in [9.17, 15) is 9.50 Å². The molecule has 1 atom stereocenters. The molecule has 0 bridgehead atoms. The van der Waals surface area contributed by atoms with E-state index in [2.05, 4.69) is 0 Å². The molecule has 2 rings (SSSR count). The van der Waals surface area contributed by atoms with Gasteiger partial charge in [0, 0.05) is 5.02 Å². The zero-order valence-electron chi connectivity index (χ0n) is 8.40. The Morgan fingerprint density at radius 2 is 1.62 bits per heavy atom. The molecule has 2 aromatic rings. The maximum absolute atomic E-state index is 13.0. The molecule has 0 fully saturated rings. The lowest BCUT2D eigenvalue weighted by Crippen LogP contribution is -1.99. The van der Waals surface area contributed by atoms with E-state index in [1.807, 2.05) is 0 Å². The van der Waals surface area contributed by atoms with E-state index in [0.29, 0.717) is 16.1 Å². The first kappa shape index (κ1) is 11.1. The molecule has 0 radical (unpaired) electrons. The number of aliphatic hydroxyl groups excluding tert-OH is 1. The largest absolute Gasteiger partial charge is 0.384 e. The standard InChI is InChI=1S/C13H10ClFO/c14-11-5-1-3-9(7-11)13(16)10-4-2-6-12(15)8-10/h1-8,13,16H. The summed E-state index contributed by atoms with van der Waals surface area (Å²) in [6.07, 6.45) is -0.852. The quantitative estimate of drug-likeness (QED) is 0.845. The SMILES string of the molecule is OC(c1cccc(F)c1)c1cccc(Cl)c1. The van der Waals surface area contributed by atoms with Crippen molar-refractivity contribution in [3.8, 4) is 0 Å². The van der Waals surface area contributed by atoms with Crippen LogP contribution >= 0.6 is 11.6 Å². The highest BCUT2D eigenvalue weighted by Crippen LogP contribution is 2.24. The fourth-order valence-electron chi connectivity index (χ4n) is 1.55. The van der Waals surface area contributed by atoms with E-state index >= 15 is 0 Å². The smallest absolute Gasteiger partial charge is 0.123 e. The molecule has 0 saturated carbocycles. The van der Waals surface area contributed by atoms with Crippen LogP contribution in [0.3, 0.4) is 0 Å². The summed E-state index contributed by atoms with van der Waals surface area (Å²) in [5, 5.41) is 10.6. The van der Waals surface area contributed by atoms with Gasteiger partial charge in [0.1, 0.15) is 11.9 Å². The van der Waals surface area contributed by atoms with E-state index in [4.69, 9.17) is 11.6 Å². The summed E-state index contributed by atoms with van der Waals surface area (Å²) in [7, 11) is 0. The molecule has 0 aromatic heterocycles. The predicted molar refractivity (Wildman–Crippen MR) is 61.9 cm³/mol. The normalized spacial score (nSPS) is 12.4. The second kappa shape index (κ2) is 4.64. The summed E-state index contributed by atoms with van der Waals surface area (Å²) < 4.78 is 13.0. The average Bonchev–Trinajstić information content (AvgIpc) is 2.28. The van der Waals surface area contributed by atoms with Gasteiger partial charge in [0.2, 0.25) is 0 Å². The molecule has 3 heteroatoms. The van der Waals surface area contributed by atoms with Gasteiger partial charge >= 0.3 is 0 Å². The van der Waals surface area contributed by atoms with Crippen LogP contribution in [0.1, 0.15) is 17.2 Å². The van der Waals surface area contributed by atoms with Gasteiger partial charge in [-0.05, 0) is 35.4 Å². The van der Waals surface area contributed by atoms with E-state index in [1.165, 1.54) is 12.1 Å². The molecule has 0 aliphatic heterocycles. The second-order valence-corrected chi connectivity index (χ2v) is 3.95. The Labute approximate surface area is 98.1 Å². The molecule has 0 spiro atoms. The van der Waals surface area contributed by atoms with Crippen LogP contribution in [-0.4, -0.2) is 5.11 Å². The van der Waals surface area contributed by atoms with E-state index < -0.39 is 6.10 Å². The van der Waals surface area contributed by atoms with Gasteiger partial charge in [0.15, 0.2) is 0 Å². The first-order valence-corrected chi connectivity index (χ1v) is 5.23. The lowest BCUT2D eigenvalue weighted by Gasteiger charge is -2.11. The van der Waals surface area contributed by atoms with Crippen molar-refractivity contribution in [2.24, 2.45) is 0 Å². The summed E-state index contributed by atoms with van der Waals surface area (Å²) in [6, 6.07) is 12.8. The van der Waals surface area contributed by atoms with Crippen molar-refractivity contribution in [1.82, 2.24) is 0 Å². The number of benzene rings is 2. The highest BCUT2D eigenvalue weighted by molar-refractivity contribution is 6.30. The minimum Gasteiger partial charge on any atom is -0.384 e. The Kier molecular flexibility index (Phi) is 3.22. The van der Waals surface area contributed by atoms with Crippen molar-refractivity contribution in [2.45, 2.75) is 6.10 Å². The van der Waals surface area contributed by atoms with Gasteiger partial charge in [-0.2, -0.15) is 0 Å². The van der Waals surface area contributed by atoms with Gasteiger partial charge in [0.25, 0.3) is 0 Å². The van der Waals surface area contributed by atoms with Crippen molar-refractivity contribution in [3.63, 3.8) is 0 Å². The summed E-state index contributed by atoms with van der Waals surface area (Å²) in [6.45, 7) is 0. The molecule has 2 aromatic carbocycles. The van der Waals surface area contributed by atoms with Crippen LogP contribution in [0.5, 0.6) is 0 Å². The molecule has 0 amide bonds. The molecule has 1 N–H and O–H groups in total. The Morgan fingerprint density at radius 1 is 1.00 bits per heavy atom. The minimum atomic E-state index is -0.852. The zero-order chi connectivity index (χ0) is 11.5. The molecule has 0 heterocycles. The monoisotopic (exact) mass is 236 g/mol. The Bertz CT molecular complexity index is 453. The summed E-state index contributed by atoms with van der Waals surface area (Å²) >= 11 is 5.82. The summed E-state index contributed by atoms with van der Waals surface area (Å²) in [5.74, 6) is -0.362. The van der Waals surface area contributed by atoms with Crippen molar-refractivity contribution in [1.29, 1.82) is 0 Å². The molecule has 0 aliphatic carbocycles. The predicted octanol–water partition coefficient (Wildman–Crippen LogP) is 3.56. The molecule has 1 nitrogen and oxygen atoms in total. The van der Waals surface area contributed by atoms with Crippen LogP contribution in [0.15, 0.2) is 48.5 Å². The fraction of sp³-hybridized carbons (Fsp3) is 0.0769. The van der Waals surface area contributed by atoms with Crippen LogP contribution in [0, 0.1) is 5.82 Å². The first-order chi connectivity index (χ1) is 7.66. The van der Waals surface area contributed by atoms with Crippen molar-refractivity contribution < 1.29 is 9.50 Å². The maximum atomic E-state index is 13.0. The van der Waals surface area contributed by atoms with Gasteiger partial charge in [-0.25, -0.2) is 4.39 Å². The third kappa shape index (κ3) is 2.40. The van der Waals surface area contributed by atoms with E-state index in [-0.39, 0.29) is 5.82 Å². The van der Waals surface area contributed by atoms with Gasteiger partial charge in [-0.15, -0.1) is 0 Å². The Hall–Kier alpha value is -1.38. The third-order valence-electron chi connectivity index (χ3n) is 2.33. The molecule has 0 saturated heterocycles. The molecule has 16 heavy (non-hydrogen) atoms. The second-order valence-electron chi connectivity index (χ2n) is 3.51. The Balaban J connectivity index is 2.35. The average molecular weight is 237 g/mol. The van der Waals surface area contributed by atoms with Crippen LogP contribution in [0.4, 0.5) is 4.39 Å². The summed E-state index contributed by atoms with van der Waals surface area (Å²) in [4.78, 5) is 0. The van der Waals surface area contributed by atoms with Gasteiger partial charge in [-0.3, -0.25) is 0 Å². The van der Waals surface area contributed by atoms with Crippen molar-refractivity contribution >= 4 is 11.6 Å². The van der Waals surface area contributed by atoms with Gasteiger partial charge in [-0.1, -0.05) is 35.9 Å². The lowest BCUT2D eigenvalue weighted by atomic mass is 10.0.